The lowest BCUT2D eigenvalue weighted by molar-refractivity contribution is -0.150. The lowest BCUT2D eigenvalue weighted by Gasteiger charge is -2.38. The van der Waals surface area contributed by atoms with Crippen molar-refractivity contribution < 1.29 is 9.53 Å². The van der Waals surface area contributed by atoms with Gasteiger partial charge in [0.15, 0.2) is 0 Å². The van der Waals surface area contributed by atoms with Gasteiger partial charge >= 0.3 is 5.97 Å². The summed E-state index contributed by atoms with van der Waals surface area (Å²) in [5.74, 6) is -0.254. The lowest BCUT2D eigenvalue weighted by Crippen LogP contribution is -2.62. The number of nitrogens with zero attached hydrogens (tertiary/aromatic N) is 1. The number of nitrogens with one attached hydrogen (secondary N) is 1. The van der Waals surface area contributed by atoms with Crippen LogP contribution in [0.2, 0.25) is 5.02 Å². The van der Waals surface area contributed by atoms with E-state index in [0.717, 1.165) is 0 Å². The maximum absolute atomic E-state index is 11.7. The number of aromatic nitrogens is 1. The number of carbonyl (C=O) groups excluding carboxylic acids is 1. The summed E-state index contributed by atoms with van der Waals surface area (Å²) in [6.45, 7) is 1.13. The van der Waals surface area contributed by atoms with Crippen LogP contribution < -0.4 is 5.32 Å². The van der Waals surface area contributed by atoms with E-state index < -0.39 is 5.41 Å². The van der Waals surface area contributed by atoms with E-state index in [2.05, 4.69) is 10.3 Å². The molecule has 1 aromatic rings. The Morgan fingerprint density at radius 3 is 2.47 bits per heavy atom. The average molecular weight is 300 g/mol. The van der Waals surface area contributed by atoms with Gasteiger partial charge in [-0.1, -0.05) is 11.6 Å². The highest BCUT2D eigenvalue weighted by atomic mass is 35.5. The molecular formula is C10H13Cl3N2O2. The topological polar surface area (TPSA) is 51.2 Å². The van der Waals surface area contributed by atoms with Gasteiger partial charge in [0, 0.05) is 19.3 Å². The van der Waals surface area contributed by atoms with Gasteiger partial charge < -0.3 is 10.1 Å². The molecule has 1 saturated heterocycles. The summed E-state index contributed by atoms with van der Waals surface area (Å²) in [6.07, 6.45) is 1.54. The fourth-order valence-corrected chi connectivity index (χ4v) is 1.77. The Morgan fingerprint density at radius 2 is 2.12 bits per heavy atom. The number of hydrogen-bond donors (Lipinski definition) is 1. The van der Waals surface area contributed by atoms with Gasteiger partial charge in [-0.25, -0.2) is 0 Å². The van der Waals surface area contributed by atoms with E-state index in [9.17, 15) is 4.79 Å². The number of rotatable bonds is 2. The number of pyridine rings is 1. The van der Waals surface area contributed by atoms with Crippen LogP contribution >= 0.6 is 36.4 Å². The van der Waals surface area contributed by atoms with E-state index in [4.69, 9.17) is 16.3 Å². The molecule has 2 rings (SSSR count). The van der Waals surface area contributed by atoms with Crippen LogP contribution in [0.5, 0.6) is 0 Å². The van der Waals surface area contributed by atoms with Crippen LogP contribution in [0.15, 0.2) is 18.3 Å². The second-order valence-electron chi connectivity index (χ2n) is 3.54. The summed E-state index contributed by atoms with van der Waals surface area (Å²) in [5.41, 5.74) is 0.0804. The minimum atomic E-state index is -0.626. The van der Waals surface area contributed by atoms with E-state index in [0.29, 0.717) is 23.8 Å². The number of hydrogen-bond acceptors (Lipinski definition) is 4. The molecule has 0 bridgehead atoms. The Hall–Kier alpha value is -0.550. The molecular weight excluding hydrogens is 286 g/mol. The van der Waals surface area contributed by atoms with E-state index in [-0.39, 0.29) is 30.8 Å². The molecule has 0 saturated carbocycles. The van der Waals surface area contributed by atoms with Crippen molar-refractivity contribution in [2.75, 3.05) is 20.2 Å². The van der Waals surface area contributed by atoms with Crippen molar-refractivity contribution in [3.05, 3.63) is 29.0 Å². The summed E-state index contributed by atoms with van der Waals surface area (Å²) in [4.78, 5) is 15.8. The molecule has 0 unspecified atom stereocenters. The Bertz CT molecular complexity index is 380. The van der Waals surface area contributed by atoms with Gasteiger partial charge in [0.1, 0.15) is 5.41 Å². The minimum absolute atomic E-state index is 0. The third-order valence-electron chi connectivity index (χ3n) is 2.65. The molecule has 1 fully saturated rings. The van der Waals surface area contributed by atoms with Crippen molar-refractivity contribution in [1.82, 2.24) is 10.3 Å². The number of methoxy groups -OCH3 is 1. The highest BCUT2D eigenvalue weighted by Crippen LogP contribution is 2.28. The van der Waals surface area contributed by atoms with Crippen LogP contribution in [0.4, 0.5) is 0 Å². The van der Waals surface area contributed by atoms with Crippen molar-refractivity contribution in [2.24, 2.45) is 0 Å². The van der Waals surface area contributed by atoms with Crippen molar-refractivity contribution in [2.45, 2.75) is 5.41 Å². The normalized spacial score (nSPS) is 15.9. The molecule has 1 N–H and O–H groups in total. The zero-order valence-corrected chi connectivity index (χ0v) is 11.5. The average Bonchev–Trinajstić information content (AvgIpc) is 2.19. The third-order valence-corrected chi connectivity index (χ3v) is 2.87. The molecule has 7 heteroatoms. The van der Waals surface area contributed by atoms with Crippen molar-refractivity contribution in [3.8, 4) is 0 Å². The first-order valence-corrected chi connectivity index (χ1v) is 4.98. The highest BCUT2D eigenvalue weighted by molar-refractivity contribution is 6.30. The van der Waals surface area contributed by atoms with Crippen molar-refractivity contribution in [1.29, 1.82) is 0 Å². The summed E-state index contributed by atoms with van der Waals surface area (Å²) >= 11 is 5.74. The van der Waals surface area contributed by atoms with E-state index in [1.165, 1.54) is 7.11 Å². The maximum Gasteiger partial charge on any atom is 0.320 e. The summed E-state index contributed by atoms with van der Waals surface area (Å²) in [6, 6.07) is 3.49. The predicted molar refractivity (Wildman–Crippen MR) is 70.3 cm³/mol. The van der Waals surface area contributed by atoms with Gasteiger partial charge in [0.2, 0.25) is 0 Å². The molecule has 4 nitrogen and oxygen atoms in total. The first kappa shape index (κ1) is 16.4. The minimum Gasteiger partial charge on any atom is -0.468 e. The number of esters is 1. The zero-order valence-electron chi connectivity index (χ0n) is 9.10. The van der Waals surface area contributed by atoms with Gasteiger partial charge in [0.25, 0.3) is 0 Å². The van der Waals surface area contributed by atoms with Crippen molar-refractivity contribution in [3.63, 3.8) is 0 Å². The van der Waals surface area contributed by atoms with Crippen LogP contribution in [0.3, 0.4) is 0 Å². The van der Waals surface area contributed by atoms with Crippen LogP contribution in [0, 0.1) is 0 Å². The standard InChI is InChI=1S/C10H11ClN2O2.2ClH/c1-15-9(14)10(5-12-6-10)8-3-2-7(11)4-13-8;;/h2-4,12H,5-6H2,1H3;2*1H. The van der Waals surface area contributed by atoms with Crippen LogP contribution in [0.1, 0.15) is 5.69 Å². The fourth-order valence-electron chi connectivity index (χ4n) is 1.66. The first-order chi connectivity index (χ1) is 7.19. The van der Waals surface area contributed by atoms with Gasteiger partial charge in [0.05, 0.1) is 17.8 Å². The summed E-state index contributed by atoms with van der Waals surface area (Å²) in [5, 5.41) is 3.62. The molecule has 1 aromatic heterocycles. The lowest BCUT2D eigenvalue weighted by atomic mass is 9.78. The highest BCUT2D eigenvalue weighted by Gasteiger charge is 2.48. The Labute approximate surface area is 117 Å². The maximum atomic E-state index is 11.7. The molecule has 17 heavy (non-hydrogen) atoms. The second-order valence-corrected chi connectivity index (χ2v) is 3.98. The van der Waals surface area contributed by atoms with Gasteiger partial charge in [-0.2, -0.15) is 0 Å². The monoisotopic (exact) mass is 298 g/mol. The Balaban J connectivity index is 0.00000128. The molecule has 1 aliphatic heterocycles. The molecule has 2 heterocycles. The van der Waals surface area contributed by atoms with E-state index in [1.54, 1.807) is 18.3 Å². The van der Waals surface area contributed by atoms with Crippen molar-refractivity contribution >= 4 is 42.4 Å². The summed E-state index contributed by atoms with van der Waals surface area (Å²) < 4.78 is 4.79. The molecule has 0 radical (unpaired) electrons. The third kappa shape index (κ3) is 2.83. The molecule has 96 valence electrons. The molecule has 0 aromatic carbocycles. The Morgan fingerprint density at radius 1 is 1.47 bits per heavy atom. The number of halogens is 3. The molecule has 0 amide bonds. The molecule has 1 aliphatic rings. The van der Waals surface area contributed by atoms with E-state index >= 15 is 0 Å². The Kier molecular flexibility index (Phi) is 6.19. The quantitative estimate of drug-likeness (QED) is 0.843. The first-order valence-electron chi connectivity index (χ1n) is 4.60. The number of ether oxygens (including phenoxy) is 1. The van der Waals surface area contributed by atoms with Crippen LogP contribution in [-0.2, 0) is 14.9 Å². The molecule has 0 spiro atoms. The second kappa shape index (κ2) is 6.40. The predicted octanol–water partition coefficient (Wildman–Crippen LogP) is 1.59. The summed E-state index contributed by atoms with van der Waals surface area (Å²) in [7, 11) is 1.39. The van der Waals surface area contributed by atoms with Gasteiger partial charge in [-0.15, -0.1) is 24.8 Å². The number of carbonyl (C=O) groups is 1. The van der Waals surface area contributed by atoms with Crippen LogP contribution in [-0.4, -0.2) is 31.2 Å². The zero-order chi connectivity index (χ0) is 10.9. The van der Waals surface area contributed by atoms with Gasteiger partial charge in [-0.05, 0) is 12.1 Å². The SMILES string of the molecule is COC(=O)C1(c2ccc(Cl)cn2)CNC1.Cl.Cl. The fraction of sp³-hybridized carbons (Fsp3) is 0.400. The van der Waals surface area contributed by atoms with Crippen LogP contribution in [0.25, 0.3) is 0 Å². The largest absolute Gasteiger partial charge is 0.468 e. The molecule has 0 atom stereocenters. The van der Waals surface area contributed by atoms with E-state index in [1.807, 2.05) is 0 Å². The smallest absolute Gasteiger partial charge is 0.320 e. The van der Waals surface area contributed by atoms with Gasteiger partial charge in [-0.3, -0.25) is 9.78 Å². The molecule has 0 aliphatic carbocycles.